The van der Waals surface area contributed by atoms with E-state index >= 15 is 0 Å². The van der Waals surface area contributed by atoms with Crippen LogP contribution in [-0.4, -0.2) is 26.2 Å². The molecule has 112 valence electrons. The first kappa shape index (κ1) is 16.0. The molecule has 1 aromatic carbocycles. The van der Waals surface area contributed by atoms with Gasteiger partial charge in [-0.25, -0.2) is 13.1 Å². The molecule has 2 atom stereocenters. The van der Waals surface area contributed by atoms with Crippen LogP contribution in [0, 0.1) is 5.92 Å². The molecule has 2 rings (SSSR count). The molecule has 1 aliphatic carbocycles. The molecule has 4 nitrogen and oxygen atoms in total. The Bertz CT molecular complexity index is 577. The van der Waals surface area contributed by atoms with Crippen LogP contribution in [0.4, 0.5) is 0 Å². The molecule has 1 fully saturated rings. The van der Waals surface area contributed by atoms with E-state index in [0.717, 1.165) is 19.3 Å². The van der Waals surface area contributed by atoms with Gasteiger partial charge in [0.25, 0.3) is 0 Å². The molecule has 20 heavy (non-hydrogen) atoms. The number of halogens is 2. The van der Waals surface area contributed by atoms with Crippen LogP contribution >= 0.6 is 23.2 Å². The molecule has 0 aliphatic heterocycles. The van der Waals surface area contributed by atoms with Gasteiger partial charge in [0.1, 0.15) is 0 Å². The van der Waals surface area contributed by atoms with Gasteiger partial charge in [0, 0.05) is 6.54 Å². The standard InChI is InChI=1S/C13H17Cl2NO3S/c14-12-5-4-11(7-13(12)15)20(18,19)16-8-9-2-1-3-10(17)6-9/h4-5,7,9-10,16-17H,1-3,6,8H2. The summed E-state index contributed by atoms with van der Waals surface area (Å²) in [6, 6.07) is 4.22. The number of benzene rings is 1. The van der Waals surface area contributed by atoms with Crippen LogP contribution in [0.3, 0.4) is 0 Å². The van der Waals surface area contributed by atoms with Gasteiger partial charge in [0.15, 0.2) is 0 Å². The van der Waals surface area contributed by atoms with E-state index in [2.05, 4.69) is 4.72 Å². The molecule has 1 saturated carbocycles. The minimum Gasteiger partial charge on any atom is -0.393 e. The molecule has 0 aromatic heterocycles. The first-order valence-electron chi connectivity index (χ1n) is 6.51. The first-order valence-corrected chi connectivity index (χ1v) is 8.75. The second-order valence-electron chi connectivity index (χ2n) is 5.11. The molecule has 7 heteroatoms. The van der Waals surface area contributed by atoms with E-state index in [4.69, 9.17) is 23.2 Å². The maximum atomic E-state index is 12.1. The molecule has 2 unspecified atom stereocenters. The second kappa shape index (κ2) is 6.62. The van der Waals surface area contributed by atoms with Crippen molar-refractivity contribution in [2.24, 2.45) is 5.92 Å². The lowest BCUT2D eigenvalue weighted by atomic mass is 9.87. The Hall–Kier alpha value is -0.330. The van der Waals surface area contributed by atoms with E-state index in [1.807, 2.05) is 0 Å². The Labute approximate surface area is 129 Å². The summed E-state index contributed by atoms with van der Waals surface area (Å²) in [4.78, 5) is 0.100. The number of aliphatic hydroxyl groups is 1. The Morgan fingerprint density at radius 1 is 1.25 bits per heavy atom. The van der Waals surface area contributed by atoms with E-state index in [1.165, 1.54) is 18.2 Å². The molecule has 1 aliphatic rings. The zero-order chi connectivity index (χ0) is 14.8. The van der Waals surface area contributed by atoms with E-state index in [1.54, 1.807) is 0 Å². The molecule has 0 heterocycles. The smallest absolute Gasteiger partial charge is 0.240 e. The lowest BCUT2D eigenvalue weighted by molar-refractivity contribution is 0.102. The highest BCUT2D eigenvalue weighted by atomic mass is 35.5. The quantitative estimate of drug-likeness (QED) is 0.887. The SMILES string of the molecule is O=S(=O)(NCC1CCCC(O)C1)c1ccc(Cl)c(Cl)c1. The summed E-state index contributed by atoms with van der Waals surface area (Å²) in [6.07, 6.45) is 2.99. The van der Waals surface area contributed by atoms with Gasteiger partial charge >= 0.3 is 0 Å². The molecular weight excluding hydrogens is 321 g/mol. The largest absolute Gasteiger partial charge is 0.393 e. The third-order valence-corrected chi connectivity index (χ3v) is 5.68. The number of hydrogen-bond donors (Lipinski definition) is 2. The van der Waals surface area contributed by atoms with Gasteiger partial charge in [-0.05, 0) is 43.4 Å². The van der Waals surface area contributed by atoms with Crippen LogP contribution < -0.4 is 4.72 Å². The minimum absolute atomic E-state index is 0.100. The Morgan fingerprint density at radius 3 is 2.65 bits per heavy atom. The van der Waals surface area contributed by atoms with Crippen LogP contribution in [0.25, 0.3) is 0 Å². The summed E-state index contributed by atoms with van der Waals surface area (Å²) in [6.45, 7) is 0.333. The zero-order valence-corrected chi connectivity index (χ0v) is 13.2. The number of hydrogen-bond acceptors (Lipinski definition) is 3. The molecule has 0 radical (unpaired) electrons. The summed E-state index contributed by atoms with van der Waals surface area (Å²) in [5.74, 6) is 0.177. The summed E-state index contributed by atoms with van der Waals surface area (Å²) in [5, 5.41) is 10.1. The van der Waals surface area contributed by atoms with Gasteiger partial charge in [-0.15, -0.1) is 0 Å². The molecule has 0 amide bonds. The van der Waals surface area contributed by atoms with Crippen LogP contribution in [0.1, 0.15) is 25.7 Å². The fourth-order valence-corrected chi connectivity index (χ4v) is 3.91. The maximum Gasteiger partial charge on any atom is 0.240 e. The van der Waals surface area contributed by atoms with Crippen molar-refractivity contribution in [2.75, 3.05) is 6.54 Å². The number of sulfonamides is 1. The Balaban J connectivity index is 2.01. The Morgan fingerprint density at radius 2 is 2.00 bits per heavy atom. The first-order chi connectivity index (χ1) is 9.38. The summed E-state index contributed by atoms with van der Waals surface area (Å²) in [5.41, 5.74) is 0. The monoisotopic (exact) mass is 337 g/mol. The fraction of sp³-hybridized carbons (Fsp3) is 0.538. The van der Waals surface area contributed by atoms with Crippen molar-refractivity contribution in [1.82, 2.24) is 4.72 Å². The predicted molar refractivity (Wildman–Crippen MR) is 79.6 cm³/mol. The highest BCUT2D eigenvalue weighted by Gasteiger charge is 2.23. The van der Waals surface area contributed by atoms with Crippen molar-refractivity contribution < 1.29 is 13.5 Å². The molecule has 0 bridgehead atoms. The number of rotatable bonds is 4. The second-order valence-corrected chi connectivity index (χ2v) is 7.70. The van der Waals surface area contributed by atoms with Crippen LogP contribution in [0.15, 0.2) is 23.1 Å². The van der Waals surface area contributed by atoms with Crippen molar-refractivity contribution in [2.45, 2.75) is 36.7 Å². The molecule has 2 N–H and O–H groups in total. The van der Waals surface area contributed by atoms with Crippen LogP contribution in [0.5, 0.6) is 0 Å². The van der Waals surface area contributed by atoms with Gasteiger partial charge in [0.2, 0.25) is 10.0 Å². The van der Waals surface area contributed by atoms with Crippen molar-refractivity contribution in [1.29, 1.82) is 0 Å². The summed E-state index contributed by atoms with van der Waals surface area (Å²) in [7, 11) is -3.59. The molecule has 0 saturated heterocycles. The van der Waals surface area contributed by atoms with Crippen LogP contribution in [0.2, 0.25) is 10.0 Å². The average molecular weight is 338 g/mol. The lowest BCUT2D eigenvalue weighted by Gasteiger charge is -2.25. The zero-order valence-electron chi connectivity index (χ0n) is 10.9. The van der Waals surface area contributed by atoms with Crippen molar-refractivity contribution in [3.8, 4) is 0 Å². The van der Waals surface area contributed by atoms with E-state index < -0.39 is 10.0 Å². The van der Waals surface area contributed by atoms with Crippen LogP contribution in [-0.2, 0) is 10.0 Å². The van der Waals surface area contributed by atoms with E-state index in [-0.39, 0.29) is 21.9 Å². The third kappa shape index (κ3) is 4.09. The van der Waals surface area contributed by atoms with Gasteiger partial charge in [-0.1, -0.05) is 29.6 Å². The normalized spacial score (nSPS) is 23.8. The van der Waals surface area contributed by atoms with Gasteiger partial charge in [-0.2, -0.15) is 0 Å². The van der Waals surface area contributed by atoms with Gasteiger partial charge < -0.3 is 5.11 Å². The minimum atomic E-state index is -3.59. The number of aliphatic hydroxyl groups excluding tert-OH is 1. The Kier molecular flexibility index (Phi) is 5.31. The highest BCUT2D eigenvalue weighted by molar-refractivity contribution is 7.89. The lowest BCUT2D eigenvalue weighted by Crippen LogP contribution is -2.33. The van der Waals surface area contributed by atoms with Crippen molar-refractivity contribution in [3.63, 3.8) is 0 Å². The van der Waals surface area contributed by atoms with E-state index in [9.17, 15) is 13.5 Å². The molecule has 1 aromatic rings. The summed E-state index contributed by atoms with van der Waals surface area (Å²) < 4.78 is 26.9. The van der Waals surface area contributed by atoms with E-state index in [0.29, 0.717) is 18.0 Å². The van der Waals surface area contributed by atoms with Crippen molar-refractivity contribution in [3.05, 3.63) is 28.2 Å². The topological polar surface area (TPSA) is 66.4 Å². The van der Waals surface area contributed by atoms with Gasteiger partial charge in [0.05, 0.1) is 21.0 Å². The number of nitrogens with one attached hydrogen (secondary N) is 1. The predicted octanol–water partition coefficient (Wildman–Crippen LogP) is 2.82. The van der Waals surface area contributed by atoms with Crippen molar-refractivity contribution >= 4 is 33.2 Å². The van der Waals surface area contributed by atoms with Gasteiger partial charge in [-0.3, -0.25) is 0 Å². The molecule has 0 spiro atoms. The average Bonchev–Trinajstić information content (AvgIpc) is 2.40. The molecular formula is C13H17Cl2NO3S. The highest BCUT2D eigenvalue weighted by Crippen LogP contribution is 2.26. The summed E-state index contributed by atoms with van der Waals surface area (Å²) >= 11 is 11.6. The maximum absolute atomic E-state index is 12.1. The third-order valence-electron chi connectivity index (χ3n) is 3.52. The fourth-order valence-electron chi connectivity index (χ4n) is 2.40.